The smallest absolute Gasteiger partial charge is 0.240 e. The van der Waals surface area contributed by atoms with E-state index in [0.29, 0.717) is 4.77 Å². The van der Waals surface area contributed by atoms with E-state index in [4.69, 9.17) is 12.2 Å². The molecule has 0 aromatic carbocycles. The summed E-state index contributed by atoms with van der Waals surface area (Å²) in [5, 5.41) is 9.75. The maximum atomic E-state index is 11.8. The molecule has 0 spiro atoms. The molecule has 1 aromatic rings. The summed E-state index contributed by atoms with van der Waals surface area (Å²) in [5.74, 6) is 0.786. The zero-order valence-electron chi connectivity index (χ0n) is 10.8. The highest BCUT2D eigenvalue weighted by Crippen LogP contribution is 2.03. The van der Waals surface area contributed by atoms with Crippen molar-refractivity contribution in [1.82, 2.24) is 20.1 Å². The predicted molar refractivity (Wildman–Crippen MR) is 69.3 cm³/mol. The number of rotatable bonds is 4. The van der Waals surface area contributed by atoms with Crippen molar-refractivity contribution in [3.05, 3.63) is 10.6 Å². The van der Waals surface area contributed by atoms with Gasteiger partial charge in [-0.25, -0.2) is 0 Å². The fourth-order valence-corrected chi connectivity index (χ4v) is 1.74. The van der Waals surface area contributed by atoms with Crippen molar-refractivity contribution in [2.45, 2.75) is 52.6 Å². The number of hydrogen-bond acceptors (Lipinski definition) is 3. The topological polar surface area (TPSA) is 62.7 Å². The van der Waals surface area contributed by atoms with Gasteiger partial charge in [-0.15, -0.1) is 0 Å². The van der Waals surface area contributed by atoms with Crippen LogP contribution in [0.25, 0.3) is 0 Å². The van der Waals surface area contributed by atoms with E-state index in [-0.39, 0.29) is 18.0 Å². The molecular formula is C11H20N4OS. The second-order valence-electron chi connectivity index (χ2n) is 5.08. The highest BCUT2D eigenvalue weighted by Gasteiger charge is 2.15. The largest absolute Gasteiger partial charge is 0.350 e. The van der Waals surface area contributed by atoms with Crippen LogP contribution in [0.4, 0.5) is 0 Å². The lowest BCUT2D eigenvalue weighted by atomic mass is 10.1. The van der Waals surface area contributed by atoms with Crippen molar-refractivity contribution >= 4 is 18.1 Å². The molecule has 17 heavy (non-hydrogen) atoms. The zero-order valence-corrected chi connectivity index (χ0v) is 11.6. The number of aromatic nitrogens is 3. The van der Waals surface area contributed by atoms with Crippen LogP contribution in [0.3, 0.4) is 0 Å². The SMILES string of the molecule is CCCc1n[nH]c(=S)n1CC(=O)NC(C)(C)C. The number of aryl methyl sites for hydroxylation is 1. The van der Waals surface area contributed by atoms with Crippen LogP contribution in [0.2, 0.25) is 0 Å². The molecule has 1 amide bonds. The van der Waals surface area contributed by atoms with Crippen LogP contribution in [0, 0.1) is 4.77 Å². The molecule has 2 N–H and O–H groups in total. The Hall–Kier alpha value is -1.17. The summed E-state index contributed by atoms with van der Waals surface area (Å²) in [6.07, 6.45) is 1.79. The van der Waals surface area contributed by atoms with Crippen LogP contribution in [0.1, 0.15) is 39.9 Å². The lowest BCUT2D eigenvalue weighted by Gasteiger charge is -2.20. The Morgan fingerprint density at radius 2 is 2.18 bits per heavy atom. The lowest BCUT2D eigenvalue weighted by molar-refractivity contribution is -0.123. The molecule has 0 aliphatic heterocycles. The minimum atomic E-state index is -0.228. The number of nitrogens with one attached hydrogen (secondary N) is 2. The maximum Gasteiger partial charge on any atom is 0.240 e. The minimum absolute atomic E-state index is 0.0487. The Labute approximate surface area is 107 Å². The first-order valence-electron chi connectivity index (χ1n) is 5.78. The van der Waals surface area contributed by atoms with Gasteiger partial charge in [-0.3, -0.25) is 14.5 Å². The van der Waals surface area contributed by atoms with Crippen molar-refractivity contribution in [3.8, 4) is 0 Å². The maximum absolute atomic E-state index is 11.8. The van der Waals surface area contributed by atoms with Gasteiger partial charge in [0.1, 0.15) is 12.4 Å². The van der Waals surface area contributed by atoms with E-state index >= 15 is 0 Å². The van der Waals surface area contributed by atoms with Crippen molar-refractivity contribution in [3.63, 3.8) is 0 Å². The van der Waals surface area contributed by atoms with Gasteiger partial charge in [-0.05, 0) is 39.4 Å². The average molecular weight is 256 g/mol. The number of nitrogens with zero attached hydrogens (tertiary/aromatic N) is 2. The summed E-state index contributed by atoms with van der Waals surface area (Å²) < 4.78 is 2.25. The first-order chi connectivity index (χ1) is 7.83. The summed E-state index contributed by atoms with van der Waals surface area (Å²) in [6, 6.07) is 0. The molecule has 6 heteroatoms. The molecule has 5 nitrogen and oxygen atoms in total. The van der Waals surface area contributed by atoms with E-state index in [1.54, 1.807) is 4.57 Å². The van der Waals surface area contributed by atoms with Crippen LogP contribution < -0.4 is 5.32 Å². The number of H-pyrrole nitrogens is 1. The third-order valence-electron chi connectivity index (χ3n) is 2.13. The minimum Gasteiger partial charge on any atom is -0.350 e. The number of carbonyl (C=O) groups is 1. The molecule has 1 heterocycles. The standard InChI is InChI=1S/C11H20N4OS/c1-5-6-8-13-14-10(17)15(8)7-9(16)12-11(2,3)4/h5-7H2,1-4H3,(H,12,16)(H,14,17). The monoisotopic (exact) mass is 256 g/mol. The number of carbonyl (C=O) groups excluding carboxylic acids is 1. The molecule has 0 aliphatic carbocycles. The Morgan fingerprint density at radius 1 is 1.53 bits per heavy atom. The summed E-state index contributed by atoms with van der Waals surface area (Å²) in [6.45, 7) is 8.14. The molecule has 1 aromatic heterocycles. The molecule has 0 saturated carbocycles. The Balaban J connectivity index is 2.77. The summed E-state index contributed by atoms with van der Waals surface area (Å²) in [5.41, 5.74) is -0.228. The predicted octanol–water partition coefficient (Wildman–Crippen LogP) is 1.81. The Morgan fingerprint density at radius 3 is 2.71 bits per heavy atom. The van der Waals surface area contributed by atoms with Crippen molar-refractivity contribution < 1.29 is 4.79 Å². The normalized spacial score (nSPS) is 11.5. The first kappa shape index (κ1) is 13.9. The summed E-state index contributed by atoms with van der Waals surface area (Å²) in [7, 11) is 0. The van der Waals surface area contributed by atoms with E-state index in [1.807, 2.05) is 20.8 Å². The van der Waals surface area contributed by atoms with Crippen LogP contribution in [-0.2, 0) is 17.8 Å². The van der Waals surface area contributed by atoms with Crippen molar-refractivity contribution in [1.29, 1.82) is 0 Å². The van der Waals surface area contributed by atoms with Gasteiger partial charge >= 0.3 is 0 Å². The molecule has 0 unspecified atom stereocenters. The molecule has 0 fully saturated rings. The van der Waals surface area contributed by atoms with E-state index in [9.17, 15) is 4.79 Å². The molecule has 1 rings (SSSR count). The van der Waals surface area contributed by atoms with E-state index in [2.05, 4.69) is 22.4 Å². The third kappa shape index (κ3) is 4.30. The van der Waals surface area contributed by atoms with Gasteiger partial charge in [0.25, 0.3) is 0 Å². The third-order valence-corrected chi connectivity index (χ3v) is 2.44. The molecule has 0 aliphatic rings. The Kier molecular flexibility index (Phi) is 4.45. The van der Waals surface area contributed by atoms with Crippen LogP contribution >= 0.6 is 12.2 Å². The lowest BCUT2D eigenvalue weighted by Crippen LogP contribution is -2.42. The molecule has 0 atom stereocenters. The van der Waals surface area contributed by atoms with Crippen LogP contribution in [0.5, 0.6) is 0 Å². The number of hydrogen-bond donors (Lipinski definition) is 2. The molecular weight excluding hydrogens is 236 g/mol. The van der Waals surface area contributed by atoms with Gasteiger partial charge in [0.05, 0.1) is 0 Å². The van der Waals surface area contributed by atoms with Gasteiger partial charge in [-0.2, -0.15) is 5.10 Å². The van der Waals surface area contributed by atoms with Gasteiger partial charge in [-0.1, -0.05) is 6.92 Å². The van der Waals surface area contributed by atoms with Gasteiger partial charge in [0.2, 0.25) is 5.91 Å². The van der Waals surface area contributed by atoms with E-state index < -0.39 is 0 Å². The quantitative estimate of drug-likeness (QED) is 0.808. The second-order valence-corrected chi connectivity index (χ2v) is 5.47. The van der Waals surface area contributed by atoms with Crippen molar-refractivity contribution in [2.24, 2.45) is 0 Å². The van der Waals surface area contributed by atoms with Gasteiger partial charge in [0, 0.05) is 12.0 Å². The van der Waals surface area contributed by atoms with E-state index in [0.717, 1.165) is 18.7 Å². The van der Waals surface area contributed by atoms with Crippen molar-refractivity contribution in [2.75, 3.05) is 0 Å². The highest BCUT2D eigenvalue weighted by molar-refractivity contribution is 7.71. The number of aromatic amines is 1. The zero-order chi connectivity index (χ0) is 13.1. The first-order valence-corrected chi connectivity index (χ1v) is 6.19. The summed E-state index contributed by atoms with van der Waals surface area (Å²) >= 11 is 5.11. The molecule has 0 saturated heterocycles. The average Bonchev–Trinajstić information content (AvgIpc) is 2.47. The molecule has 0 bridgehead atoms. The number of amides is 1. The summed E-state index contributed by atoms with van der Waals surface area (Å²) in [4.78, 5) is 11.8. The fraction of sp³-hybridized carbons (Fsp3) is 0.727. The van der Waals surface area contributed by atoms with Crippen LogP contribution in [0.15, 0.2) is 0 Å². The van der Waals surface area contributed by atoms with Crippen LogP contribution in [-0.4, -0.2) is 26.2 Å². The van der Waals surface area contributed by atoms with Gasteiger partial charge < -0.3 is 5.32 Å². The van der Waals surface area contributed by atoms with Gasteiger partial charge in [0.15, 0.2) is 4.77 Å². The van der Waals surface area contributed by atoms with E-state index in [1.165, 1.54) is 0 Å². The highest BCUT2D eigenvalue weighted by atomic mass is 32.1. The fourth-order valence-electron chi connectivity index (χ4n) is 1.53. The second kappa shape index (κ2) is 5.44. The molecule has 96 valence electrons. The Bertz CT molecular complexity index is 441. The molecule has 0 radical (unpaired) electrons.